The molecule has 1 aromatic rings. The van der Waals surface area contributed by atoms with E-state index in [1.807, 2.05) is 19.9 Å². The van der Waals surface area contributed by atoms with Crippen LogP contribution in [0.5, 0.6) is 0 Å². The average molecular weight is 414 g/mol. The van der Waals surface area contributed by atoms with Gasteiger partial charge in [-0.05, 0) is 49.7 Å². The molecule has 2 aliphatic rings. The number of carbonyl (C=O) groups is 2. The van der Waals surface area contributed by atoms with Gasteiger partial charge in [-0.2, -0.15) is 0 Å². The van der Waals surface area contributed by atoms with Gasteiger partial charge in [0.1, 0.15) is 4.88 Å². The molecule has 0 N–H and O–H groups in total. The monoisotopic (exact) mass is 413 g/mol. The number of hydrogen-bond acceptors (Lipinski definition) is 6. The summed E-state index contributed by atoms with van der Waals surface area (Å²) in [4.78, 5) is 28.4. The molecule has 0 radical (unpaired) electrons. The summed E-state index contributed by atoms with van der Waals surface area (Å²) in [6, 6.07) is 1.57. The van der Waals surface area contributed by atoms with E-state index in [0.29, 0.717) is 17.8 Å². The molecular formula is C19H27NO5S2. The van der Waals surface area contributed by atoms with Gasteiger partial charge in [-0.15, -0.1) is 11.3 Å². The number of sulfone groups is 1. The smallest absolute Gasteiger partial charge is 0.348 e. The maximum absolute atomic E-state index is 12.7. The Morgan fingerprint density at radius 1 is 1.30 bits per heavy atom. The molecule has 0 spiro atoms. The molecular weight excluding hydrogens is 386 g/mol. The number of fused-ring (bicyclic) bond motifs is 1. The van der Waals surface area contributed by atoms with E-state index in [1.165, 1.54) is 21.8 Å². The average Bonchev–Trinajstić information content (AvgIpc) is 3.20. The van der Waals surface area contributed by atoms with E-state index in [0.717, 1.165) is 25.7 Å². The molecule has 1 aliphatic heterocycles. The van der Waals surface area contributed by atoms with E-state index in [-0.39, 0.29) is 36.0 Å². The maximum atomic E-state index is 12.7. The fourth-order valence-corrected chi connectivity index (χ4v) is 6.62. The van der Waals surface area contributed by atoms with Crippen molar-refractivity contribution in [2.45, 2.75) is 52.0 Å². The fourth-order valence-electron chi connectivity index (χ4n) is 3.74. The predicted molar refractivity (Wildman–Crippen MR) is 105 cm³/mol. The van der Waals surface area contributed by atoms with E-state index >= 15 is 0 Å². The van der Waals surface area contributed by atoms with Crippen molar-refractivity contribution >= 4 is 33.1 Å². The minimum atomic E-state index is -3.09. The van der Waals surface area contributed by atoms with Gasteiger partial charge in [0.15, 0.2) is 16.4 Å². The summed E-state index contributed by atoms with van der Waals surface area (Å²) in [5.41, 5.74) is 1.22. The first-order chi connectivity index (χ1) is 12.7. The molecule has 1 atom stereocenters. The Labute approximate surface area is 164 Å². The van der Waals surface area contributed by atoms with E-state index in [2.05, 4.69) is 0 Å². The standard InChI is InChI=1S/C19H27NO5S2/c1-13(2)10-20(15-7-8-27(23,24)12-15)18(21)11-25-19(22)17-9-14-5-3-4-6-16(14)26-17/h9,13,15H,3-8,10-12H2,1-2H3. The summed E-state index contributed by atoms with van der Waals surface area (Å²) >= 11 is 1.46. The third-order valence-corrected chi connectivity index (χ3v) is 8.02. The fraction of sp³-hybridized carbons (Fsp3) is 0.684. The lowest BCUT2D eigenvalue weighted by atomic mass is 9.99. The highest BCUT2D eigenvalue weighted by molar-refractivity contribution is 7.91. The Balaban J connectivity index is 1.61. The van der Waals surface area contributed by atoms with Crippen molar-refractivity contribution in [2.24, 2.45) is 5.92 Å². The molecule has 6 nitrogen and oxygen atoms in total. The number of thiophene rings is 1. The van der Waals surface area contributed by atoms with Gasteiger partial charge in [-0.3, -0.25) is 4.79 Å². The zero-order chi connectivity index (χ0) is 19.6. The highest BCUT2D eigenvalue weighted by atomic mass is 32.2. The zero-order valence-corrected chi connectivity index (χ0v) is 17.5. The molecule has 1 aliphatic carbocycles. The lowest BCUT2D eigenvalue weighted by molar-refractivity contribution is -0.137. The van der Waals surface area contributed by atoms with Crippen LogP contribution in [0.4, 0.5) is 0 Å². The summed E-state index contributed by atoms with van der Waals surface area (Å²) in [5, 5.41) is 0. The first-order valence-electron chi connectivity index (χ1n) is 9.54. The number of nitrogens with zero attached hydrogens (tertiary/aromatic N) is 1. The molecule has 1 unspecified atom stereocenters. The quantitative estimate of drug-likeness (QED) is 0.669. The molecule has 0 aromatic carbocycles. The van der Waals surface area contributed by atoms with Gasteiger partial charge in [0.2, 0.25) is 0 Å². The highest BCUT2D eigenvalue weighted by Crippen LogP contribution is 2.30. The van der Waals surface area contributed by atoms with Crippen molar-refractivity contribution in [3.05, 3.63) is 21.4 Å². The van der Waals surface area contributed by atoms with Crippen molar-refractivity contribution in [2.75, 3.05) is 24.7 Å². The van der Waals surface area contributed by atoms with Crippen LogP contribution in [0.2, 0.25) is 0 Å². The number of rotatable bonds is 6. The van der Waals surface area contributed by atoms with Gasteiger partial charge in [0, 0.05) is 17.5 Å². The largest absolute Gasteiger partial charge is 0.451 e. The van der Waals surface area contributed by atoms with Gasteiger partial charge >= 0.3 is 5.97 Å². The van der Waals surface area contributed by atoms with Crippen LogP contribution in [-0.2, 0) is 32.2 Å². The van der Waals surface area contributed by atoms with Crippen LogP contribution in [-0.4, -0.2) is 55.9 Å². The summed E-state index contributed by atoms with van der Waals surface area (Å²) in [6.07, 6.45) is 4.74. The molecule has 0 saturated carbocycles. The number of aryl methyl sites for hydroxylation is 2. The zero-order valence-electron chi connectivity index (χ0n) is 15.9. The summed E-state index contributed by atoms with van der Waals surface area (Å²) in [5.74, 6) is -0.472. The second kappa shape index (κ2) is 8.31. The van der Waals surface area contributed by atoms with Gasteiger partial charge in [-0.25, -0.2) is 13.2 Å². The molecule has 3 rings (SSSR count). The van der Waals surface area contributed by atoms with Gasteiger partial charge < -0.3 is 9.64 Å². The van der Waals surface area contributed by atoms with Gasteiger partial charge in [0.05, 0.1) is 11.5 Å². The van der Waals surface area contributed by atoms with Crippen molar-refractivity contribution < 1.29 is 22.7 Å². The number of ether oxygens (including phenoxy) is 1. The van der Waals surface area contributed by atoms with Crippen LogP contribution in [0.25, 0.3) is 0 Å². The molecule has 1 aromatic heterocycles. The first-order valence-corrected chi connectivity index (χ1v) is 12.2. The third-order valence-electron chi connectivity index (χ3n) is 5.06. The van der Waals surface area contributed by atoms with Crippen molar-refractivity contribution in [3.8, 4) is 0 Å². The van der Waals surface area contributed by atoms with Crippen LogP contribution in [0, 0.1) is 5.92 Å². The number of carbonyl (C=O) groups excluding carboxylic acids is 2. The number of hydrogen-bond donors (Lipinski definition) is 0. The molecule has 150 valence electrons. The molecule has 1 fully saturated rings. The molecule has 8 heteroatoms. The van der Waals surface area contributed by atoms with Crippen LogP contribution in [0.3, 0.4) is 0 Å². The lowest BCUT2D eigenvalue weighted by Crippen LogP contribution is -2.45. The normalized spacial score (nSPS) is 21.1. The summed E-state index contributed by atoms with van der Waals surface area (Å²) in [6.45, 7) is 4.08. The van der Waals surface area contributed by atoms with Crippen molar-refractivity contribution in [1.82, 2.24) is 4.90 Å². The van der Waals surface area contributed by atoms with E-state index in [4.69, 9.17) is 4.74 Å². The van der Waals surface area contributed by atoms with E-state index in [9.17, 15) is 18.0 Å². The molecule has 1 saturated heterocycles. The van der Waals surface area contributed by atoms with Gasteiger partial charge in [0.25, 0.3) is 5.91 Å². The Bertz CT molecular complexity index is 789. The lowest BCUT2D eigenvalue weighted by Gasteiger charge is -2.29. The Kier molecular flexibility index (Phi) is 6.25. The van der Waals surface area contributed by atoms with Crippen molar-refractivity contribution in [3.63, 3.8) is 0 Å². The highest BCUT2D eigenvalue weighted by Gasteiger charge is 2.35. The SMILES string of the molecule is CC(C)CN(C(=O)COC(=O)c1cc2c(s1)CCCC2)C1CCS(=O)(=O)C1. The second-order valence-corrected chi connectivity index (χ2v) is 11.2. The van der Waals surface area contributed by atoms with Crippen LogP contribution >= 0.6 is 11.3 Å². The molecule has 2 heterocycles. The Hall–Kier alpha value is -1.41. The summed E-state index contributed by atoms with van der Waals surface area (Å²) < 4.78 is 28.8. The molecule has 0 bridgehead atoms. The minimum Gasteiger partial charge on any atom is -0.451 e. The minimum absolute atomic E-state index is 0.00293. The van der Waals surface area contributed by atoms with E-state index < -0.39 is 15.8 Å². The predicted octanol–water partition coefficient (Wildman–Crippen LogP) is 2.46. The number of amides is 1. The maximum Gasteiger partial charge on any atom is 0.348 e. The number of esters is 1. The first kappa shape index (κ1) is 20.3. The summed E-state index contributed by atoms with van der Waals surface area (Å²) in [7, 11) is -3.09. The second-order valence-electron chi connectivity index (χ2n) is 7.84. The topological polar surface area (TPSA) is 80.8 Å². The van der Waals surface area contributed by atoms with Crippen LogP contribution in [0.15, 0.2) is 6.07 Å². The van der Waals surface area contributed by atoms with Crippen molar-refractivity contribution in [1.29, 1.82) is 0 Å². The Morgan fingerprint density at radius 3 is 2.67 bits per heavy atom. The third kappa shape index (κ3) is 5.10. The van der Waals surface area contributed by atoms with Crippen LogP contribution < -0.4 is 0 Å². The molecule has 1 amide bonds. The van der Waals surface area contributed by atoms with E-state index in [1.54, 1.807) is 4.90 Å². The van der Waals surface area contributed by atoms with Gasteiger partial charge in [-0.1, -0.05) is 13.8 Å². The molecule has 27 heavy (non-hydrogen) atoms. The Morgan fingerprint density at radius 2 is 2.04 bits per heavy atom. The van der Waals surface area contributed by atoms with Crippen LogP contribution in [0.1, 0.15) is 53.2 Å².